The standard InChI is InChI=1S/C18H17ClF2N2O3/c1-10-4-3-5-12(8-10)17(25)22-11(2)16(24)23-13-6-7-15(14(19)9-13)26-18(20)21/h3-9,11,18H,1-2H3,(H,22,25)(H,23,24). The highest BCUT2D eigenvalue weighted by molar-refractivity contribution is 6.32. The monoisotopic (exact) mass is 382 g/mol. The third kappa shape index (κ3) is 5.42. The Labute approximate surface area is 154 Å². The lowest BCUT2D eigenvalue weighted by Crippen LogP contribution is -2.41. The maximum absolute atomic E-state index is 12.2. The Morgan fingerprint density at radius 3 is 2.50 bits per heavy atom. The summed E-state index contributed by atoms with van der Waals surface area (Å²) < 4.78 is 28.7. The molecule has 0 aliphatic rings. The van der Waals surface area contributed by atoms with Gasteiger partial charge in [0.15, 0.2) is 0 Å². The van der Waals surface area contributed by atoms with Crippen LogP contribution in [0, 0.1) is 6.92 Å². The molecule has 0 aromatic heterocycles. The van der Waals surface area contributed by atoms with Gasteiger partial charge in [0.1, 0.15) is 11.8 Å². The molecular formula is C18H17ClF2N2O3. The molecule has 5 nitrogen and oxygen atoms in total. The topological polar surface area (TPSA) is 67.4 Å². The second kappa shape index (κ2) is 8.62. The van der Waals surface area contributed by atoms with Crippen LogP contribution >= 0.6 is 11.6 Å². The number of benzene rings is 2. The Morgan fingerprint density at radius 2 is 1.88 bits per heavy atom. The molecule has 1 unspecified atom stereocenters. The average molecular weight is 383 g/mol. The normalized spacial score (nSPS) is 11.8. The van der Waals surface area contributed by atoms with Crippen LogP contribution in [-0.2, 0) is 4.79 Å². The molecule has 0 fully saturated rings. The van der Waals surface area contributed by atoms with Crippen LogP contribution in [0.3, 0.4) is 0 Å². The molecule has 8 heteroatoms. The number of halogens is 3. The molecule has 138 valence electrons. The number of nitrogens with one attached hydrogen (secondary N) is 2. The number of amides is 2. The van der Waals surface area contributed by atoms with Gasteiger partial charge < -0.3 is 15.4 Å². The summed E-state index contributed by atoms with van der Waals surface area (Å²) >= 11 is 5.84. The number of anilines is 1. The number of hydrogen-bond donors (Lipinski definition) is 2. The lowest BCUT2D eigenvalue weighted by atomic mass is 10.1. The van der Waals surface area contributed by atoms with E-state index in [0.717, 1.165) is 5.56 Å². The van der Waals surface area contributed by atoms with E-state index in [1.54, 1.807) is 18.2 Å². The van der Waals surface area contributed by atoms with Gasteiger partial charge in [-0.2, -0.15) is 8.78 Å². The quantitative estimate of drug-likeness (QED) is 0.793. The van der Waals surface area contributed by atoms with E-state index in [9.17, 15) is 18.4 Å². The molecule has 1 atom stereocenters. The highest BCUT2D eigenvalue weighted by atomic mass is 35.5. The molecule has 2 N–H and O–H groups in total. The van der Waals surface area contributed by atoms with Crippen molar-refractivity contribution in [2.45, 2.75) is 26.5 Å². The van der Waals surface area contributed by atoms with Crippen LogP contribution < -0.4 is 15.4 Å². The number of carbonyl (C=O) groups is 2. The van der Waals surface area contributed by atoms with E-state index in [4.69, 9.17) is 11.6 Å². The number of aryl methyl sites for hydroxylation is 1. The van der Waals surface area contributed by atoms with E-state index >= 15 is 0 Å². The zero-order chi connectivity index (χ0) is 19.3. The van der Waals surface area contributed by atoms with Gasteiger partial charge in [-0.25, -0.2) is 0 Å². The first kappa shape index (κ1) is 19.7. The van der Waals surface area contributed by atoms with E-state index in [1.165, 1.54) is 25.1 Å². The van der Waals surface area contributed by atoms with Crippen molar-refractivity contribution in [2.75, 3.05) is 5.32 Å². The Morgan fingerprint density at radius 1 is 1.15 bits per heavy atom. The van der Waals surface area contributed by atoms with Crippen LogP contribution in [0.25, 0.3) is 0 Å². The summed E-state index contributed by atoms with van der Waals surface area (Å²) in [5.41, 5.74) is 1.66. The van der Waals surface area contributed by atoms with Gasteiger partial charge in [0.25, 0.3) is 5.91 Å². The van der Waals surface area contributed by atoms with Crippen LogP contribution in [0.1, 0.15) is 22.8 Å². The Hall–Kier alpha value is -2.67. The summed E-state index contributed by atoms with van der Waals surface area (Å²) in [4.78, 5) is 24.4. The molecule has 26 heavy (non-hydrogen) atoms. The van der Waals surface area contributed by atoms with Gasteiger partial charge in [-0.15, -0.1) is 0 Å². The molecule has 0 spiro atoms. The highest BCUT2D eigenvalue weighted by Crippen LogP contribution is 2.28. The van der Waals surface area contributed by atoms with Gasteiger partial charge in [-0.3, -0.25) is 9.59 Å². The zero-order valence-corrected chi connectivity index (χ0v) is 14.8. The van der Waals surface area contributed by atoms with Gasteiger partial charge in [-0.05, 0) is 44.2 Å². The number of ether oxygens (including phenoxy) is 1. The van der Waals surface area contributed by atoms with Crippen molar-refractivity contribution in [1.82, 2.24) is 5.32 Å². The van der Waals surface area contributed by atoms with Gasteiger partial charge in [0, 0.05) is 11.3 Å². The summed E-state index contributed by atoms with van der Waals surface area (Å²) in [5.74, 6) is -1.06. The number of carbonyl (C=O) groups excluding carboxylic acids is 2. The fourth-order valence-corrected chi connectivity index (χ4v) is 2.38. The Balaban J connectivity index is 1.98. The zero-order valence-electron chi connectivity index (χ0n) is 14.1. The molecule has 0 aliphatic heterocycles. The first-order valence-electron chi connectivity index (χ1n) is 7.69. The first-order chi connectivity index (χ1) is 12.3. The van der Waals surface area contributed by atoms with Gasteiger partial charge in [-0.1, -0.05) is 29.3 Å². The van der Waals surface area contributed by atoms with Gasteiger partial charge in [0.05, 0.1) is 5.02 Å². The summed E-state index contributed by atoms with van der Waals surface area (Å²) in [6, 6.07) is 10.0. The Kier molecular flexibility index (Phi) is 6.52. The lowest BCUT2D eigenvalue weighted by molar-refractivity contribution is -0.117. The summed E-state index contributed by atoms with van der Waals surface area (Å²) in [6.07, 6.45) is 0. The molecule has 0 saturated carbocycles. The van der Waals surface area contributed by atoms with Crippen LogP contribution in [0.5, 0.6) is 5.75 Å². The van der Waals surface area contributed by atoms with E-state index < -0.39 is 18.6 Å². The van der Waals surface area contributed by atoms with E-state index in [2.05, 4.69) is 15.4 Å². The number of rotatable bonds is 6. The average Bonchev–Trinajstić information content (AvgIpc) is 2.56. The van der Waals surface area contributed by atoms with Crippen molar-refractivity contribution >= 4 is 29.1 Å². The molecule has 2 amide bonds. The molecule has 2 aromatic carbocycles. The van der Waals surface area contributed by atoms with Crippen molar-refractivity contribution < 1.29 is 23.1 Å². The minimum atomic E-state index is -3.00. The summed E-state index contributed by atoms with van der Waals surface area (Å²) in [5, 5.41) is 5.07. The van der Waals surface area contributed by atoms with Crippen LogP contribution in [0.15, 0.2) is 42.5 Å². The smallest absolute Gasteiger partial charge is 0.387 e. The van der Waals surface area contributed by atoms with Gasteiger partial charge in [0.2, 0.25) is 5.91 Å². The second-order valence-corrected chi connectivity index (χ2v) is 5.98. The van der Waals surface area contributed by atoms with Crippen molar-refractivity contribution in [3.8, 4) is 5.75 Å². The van der Waals surface area contributed by atoms with E-state index in [-0.39, 0.29) is 16.7 Å². The fraction of sp³-hybridized carbons (Fsp3) is 0.222. The maximum Gasteiger partial charge on any atom is 0.387 e. The minimum absolute atomic E-state index is 0.0699. The largest absolute Gasteiger partial charge is 0.433 e. The van der Waals surface area contributed by atoms with Crippen LogP contribution in [0.2, 0.25) is 5.02 Å². The molecule has 0 bridgehead atoms. The predicted octanol–water partition coefficient (Wildman–Crippen LogP) is 4.01. The predicted molar refractivity (Wildman–Crippen MR) is 94.8 cm³/mol. The third-order valence-corrected chi connectivity index (χ3v) is 3.73. The van der Waals surface area contributed by atoms with Crippen molar-refractivity contribution in [1.29, 1.82) is 0 Å². The molecule has 0 saturated heterocycles. The molecule has 2 aromatic rings. The maximum atomic E-state index is 12.2. The van der Waals surface area contributed by atoms with Crippen LogP contribution in [0.4, 0.5) is 14.5 Å². The summed E-state index contributed by atoms with van der Waals surface area (Å²) in [6.45, 7) is 0.390. The van der Waals surface area contributed by atoms with E-state index in [0.29, 0.717) is 11.3 Å². The van der Waals surface area contributed by atoms with Crippen LogP contribution in [-0.4, -0.2) is 24.5 Å². The van der Waals surface area contributed by atoms with E-state index in [1.807, 2.05) is 13.0 Å². The van der Waals surface area contributed by atoms with Crippen molar-refractivity contribution in [3.05, 3.63) is 58.6 Å². The Bertz CT molecular complexity index is 815. The molecule has 2 rings (SSSR count). The van der Waals surface area contributed by atoms with Crippen molar-refractivity contribution in [2.24, 2.45) is 0 Å². The number of hydrogen-bond acceptors (Lipinski definition) is 3. The number of alkyl halides is 2. The molecule has 0 aliphatic carbocycles. The second-order valence-electron chi connectivity index (χ2n) is 5.58. The third-order valence-electron chi connectivity index (χ3n) is 3.44. The van der Waals surface area contributed by atoms with Gasteiger partial charge >= 0.3 is 6.61 Å². The molecule has 0 heterocycles. The molecule has 0 radical (unpaired) electrons. The summed E-state index contributed by atoms with van der Waals surface area (Å²) in [7, 11) is 0. The first-order valence-corrected chi connectivity index (χ1v) is 8.07. The molecular weight excluding hydrogens is 366 g/mol. The SMILES string of the molecule is Cc1cccc(C(=O)NC(C)C(=O)Nc2ccc(OC(F)F)c(Cl)c2)c1. The highest BCUT2D eigenvalue weighted by Gasteiger charge is 2.17. The lowest BCUT2D eigenvalue weighted by Gasteiger charge is -2.15. The van der Waals surface area contributed by atoms with Crippen molar-refractivity contribution in [3.63, 3.8) is 0 Å². The fourth-order valence-electron chi connectivity index (χ4n) is 2.15. The minimum Gasteiger partial charge on any atom is -0.433 e.